The first-order valence-corrected chi connectivity index (χ1v) is 4.50. The van der Waals surface area contributed by atoms with Gasteiger partial charge >= 0.3 is 0 Å². The lowest BCUT2D eigenvalue weighted by Gasteiger charge is -2.07. The summed E-state index contributed by atoms with van der Waals surface area (Å²) in [4.78, 5) is 15.1. The van der Waals surface area contributed by atoms with Gasteiger partial charge in [-0.1, -0.05) is 0 Å². The van der Waals surface area contributed by atoms with Crippen LogP contribution < -0.4 is 5.32 Å². The largest absolute Gasteiger partial charge is 0.322 e. The summed E-state index contributed by atoms with van der Waals surface area (Å²) >= 11 is 0. The van der Waals surface area contributed by atoms with Crippen molar-refractivity contribution in [1.29, 1.82) is 5.26 Å². The van der Waals surface area contributed by atoms with Crippen molar-refractivity contribution >= 4 is 11.6 Å². The molecule has 0 radical (unpaired) electrons. The number of halogens is 1. The molecule has 1 saturated carbocycles. The van der Waals surface area contributed by atoms with Crippen molar-refractivity contribution in [1.82, 2.24) is 4.98 Å². The number of rotatable bonds is 2. The van der Waals surface area contributed by atoms with E-state index in [4.69, 9.17) is 5.26 Å². The molecule has 1 fully saturated rings. The van der Waals surface area contributed by atoms with Gasteiger partial charge in [-0.05, 0) is 18.9 Å². The van der Waals surface area contributed by atoms with Gasteiger partial charge in [-0.25, -0.2) is 4.39 Å². The first-order chi connectivity index (χ1) is 7.18. The highest BCUT2D eigenvalue weighted by atomic mass is 19.1. The van der Waals surface area contributed by atoms with Crippen molar-refractivity contribution in [2.24, 2.45) is 5.41 Å². The molecule has 0 saturated heterocycles. The zero-order valence-corrected chi connectivity index (χ0v) is 7.83. The Kier molecular flexibility index (Phi) is 2.12. The van der Waals surface area contributed by atoms with Gasteiger partial charge < -0.3 is 5.32 Å². The van der Waals surface area contributed by atoms with E-state index in [0.717, 1.165) is 6.20 Å². The Hall–Kier alpha value is -1.96. The van der Waals surface area contributed by atoms with E-state index in [9.17, 15) is 9.18 Å². The highest BCUT2D eigenvalue weighted by Gasteiger charge is 2.50. The van der Waals surface area contributed by atoms with Crippen LogP contribution in [0, 0.1) is 22.6 Å². The van der Waals surface area contributed by atoms with Crippen molar-refractivity contribution in [3.63, 3.8) is 0 Å². The topological polar surface area (TPSA) is 65.8 Å². The Balaban J connectivity index is 2.14. The lowest BCUT2D eigenvalue weighted by Crippen LogP contribution is -2.23. The third-order valence-electron chi connectivity index (χ3n) is 2.42. The van der Waals surface area contributed by atoms with Crippen LogP contribution in [0.2, 0.25) is 0 Å². The molecule has 1 N–H and O–H groups in total. The molecule has 0 aromatic carbocycles. The first kappa shape index (κ1) is 9.59. The van der Waals surface area contributed by atoms with E-state index in [-0.39, 0.29) is 5.69 Å². The maximum absolute atomic E-state index is 13.1. The molecule has 0 aliphatic heterocycles. The number of nitrogens with zero attached hydrogens (tertiary/aromatic N) is 2. The lowest BCUT2D eigenvalue weighted by atomic mass is 10.1. The molecule has 0 spiro atoms. The molecular weight excluding hydrogens is 197 g/mol. The van der Waals surface area contributed by atoms with Crippen LogP contribution in [0.15, 0.2) is 18.5 Å². The molecule has 0 unspecified atom stereocenters. The summed E-state index contributed by atoms with van der Waals surface area (Å²) in [6.45, 7) is 0. The van der Waals surface area contributed by atoms with Crippen LogP contribution in [0.3, 0.4) is 0 Å². The van der Waals surface area contributed by atoms with E-state index in [1.807, 2.05) is 6.07 Å². The van der Waals surface area contributed by atoms with Gasteiger partial charge in [0.15, 0.2) is 5.82 Å². The second kappa shape index (κ2) is 3.31. The smallest absolute Gasteiger partial charge is 0.244 e. The van der Waals surface area contributed by atoms with Crippen LogP contribution in [-0.4, -0.2) is 10.9 Å². The van der Waals surface area contributed by atoms with E-state index in [1.54, 1.807) is 0 Å². The lowest BCUT2D eigenvalue weighted by molar-refractivity contribution is -0.119. The predicted octanol–water partition coefficient (Wildman–Crippen LogP) is 1.46. The van der Waals surface area contributed by atoms with E-state index in [0.29, 0.717) is 12.8 Å². The number of nitrogens with one attached hydrogen (secondary N) is 1. The van der Waals surface area contributed by atoms with Gasteiger partial charge in [0.05, 0.1) is 18.0 Å². The van der Waals surface area contributed by atoms with Crippen molar-refractivity contribution in [3.8, 4) is 6.07 Å². The number of hydrogen-bond donors (Lipinski definition) is 1. The minimum absolute atomic E-state index is 0.0662. The monoisotopic (exact) mass is 205 g/mol. The van der Waals surface area contributed by atoms with Crippen molar-refractivity contribution < 1.29 is 9.18 Å². The van der Waals surface area contributed by atoms with E-state index < -0.39 is 17.1 Å². The molecular formula is C10H8FN3O. The fourth-order valence-corrected chi connectivity index (χ4v) is 1.23. The van der Waals surface area contributed by atoms with E-state index in [2.05, 4.69) is 10.3 Å². The average Bonchev–Trinajstić information content (AvgIpc) is 3.02. The van der Waals surface area contributed by atoms with Crippen molar-refractivity contribution in [2.45, 2.75) is 12.8 Å². The molecule has 1 aliphatic carbocycles. The molecule has 4 nitrogen and oxygen atoms in total. The third kappa shape index (κ3) is 1.66. The number of pyridine rings is 1. The molecule has 15 heavy (non-hydrogen) atoms. The minimum atomic E-state index is -0.935. The fourth-order valence-electron chi connectivity index (χ4n) is 1.23. The standard InChI is InChI=1S/C10H8FN3O/c11-7-5-13-4-1-8(7)14-9(15)10(6-12)2-3-10/h1,4-5H,2-3H2,(H,13,14,15). The summed E-state index contributed by atoms with van der Waals surface area (Å²) in [6, 6.07) is 3.30. The van der Waals surface area contributed by atoms with Crippen LogP contribution in [0.25, 0.3) is 0 Å². The number of amides is 1. The molecule has 1 amide bonds. The molecule has 76 valence electrons. The van der Waals surface area contributed by atoms with Crippen LogP contribution in [0.1, 0.15) is 12.8 Å². The second-order valence-electron chi connectivity index (χ2n) is 3.50. The number of hydrogen-bond acceptors (Lipinski definition) is 3. The first-order valence-electron chi connectivity index (χ1n) is 4.50. The highest BCUT2D eigenvalue weighted by molar-refractivity contribution is 5.99. The second-order valence-corrected chi connectivity index (χ2v) is 3.50. The van der Waals surface area contributed by atoms with Gasteiger partial charge in [-0.15, -0.1) is 0 Å². The summed E-state index contributed by atoms with van der Waals surface area (Å²) in [5.41, 5.74) is -0.869. The molecule has 1 aliphatic rings. The average molecular weight is 205 g/mol. The Morgan fingerprint density at radius 2 is 2.40 bits per heavy atom. The molecule has 5 heteroatoms. The fraction of sp³-hybridized carbons (Fsp3) is 0.300. The van der Waals surface area contributed by atoms with Gasteiger partial charge in [0, 0.05) is 6.20 Å². The number of nitriles is 1. The van der Waals surface area contributed by atoms with Gasteiger partial charge in [-0.2, -0.15) is 5.26 Å². The summed E-state index contributed by atoms with van der Waals surface area (Å²) in [5.74, 6) is -1.03. The zero-order chi connectivity index (χ0) is 10.9. The van der Waals surface area contributed by atoms with Crippen LogP contribution in [-0.2, 0) is 4.79 Å². The Labute approximate surface area is 85.7 Å². The van der Waals surface area contributed by atoms with E-state index >= 15 is 0 Å². The predicted molar refractivity (Wildman–Crippen MR) is 50.1 cm³/mol. The van der Waals surface area contributed by atoms with Crippen LogP contribution >= 0.6 is 0 Å². The molecule has 1 heterocycles. The van der Waals surface area contributed by atoms with Gasteiger partial charge in [0.2, 0.25) is 5.91 Å². The van der Waals surface area contributed by atoms with Gasteiger partial charge in [-0.3, -0.25) is 9.78 Å². The molecule has 0 bridgehead atoms. The Bertz CT molecular complexity index is 448. The SMILES string of the molecule is N#CC1(C(=O)Nc2ccncc2F)CC1. The minimum Gasteiger partial charge on any atom is -0.322 e. The number of carbonyl (C=O) groups is 1. The summed E-state index contributed by atoms with van der Waals surface area (Å²) in [6.07, 6.45) is 3.48. The quantitative estimate of drug-likeness (QED) is 0.794. The third-order valence-corrected chi connectivity index (χ3v) is 2.42. The van der Waals surface area contributed by atoms with Crippen LogP contribution in [0.5, 0.6) is 0 Å². The van der Waals surface area contributed by atoms with Crippen molar-refractivity contribution in [2.75, 3.05) is 5.32 Å². The highest BCUT2D eigenvalue weighted by Crippen LogP contribution is 2.45. The maximum Gasteiger partial charge on any atom is 0.244 e. The summed E-state index contributed by atoms with van der Waals surface area (Å²) in [5, 5.41) is 11.1. The molecule has 1 aromatic heterocycles. The van der Waals surface area contributed by atoms with Gasteiger partial charge in [0.1, 0.15) is 5.41 Å². The summed E-state index contributed by atoms with van der Waals surface area (Å²) in [7, 11) is 0. The number of carbonyl (C=O) groups excluding carboxylic acids is 1. The maximum atomic E-state index is 13.1. The number of anilines is 1. The molecule has 0 atom stereocenters. The summed E-state index contributed by atoms with van der Waals surface area (Å²) < 4.78 is 13.1. The Morgan fingerprint density at radius 3 is 2.93 bits per heavy atom. The Morgan fingerprint density at radius 1 is 1.67 bits per heavy atom. The molecule has 1 aromatic rings. The molecule has 2 rings (SSSR count). The van der Waals surface area contributed by atoms with Gasteiger partial charge in [0.25, 0.3) is 0 Å². The van der Waals surface area contributed by atoms with E-state index in [1.165, 1.54) is 12.3 Å². The number of aromatic nitrogens is 1. The van der Waals surface area contributed by atoms with Crippen molar-refractivity contribution in [3.05, 3.63) is 24.3 Å². The normalized spacial score (nSPS) is 16.5. The van der Waals surface area contributed by atoms with Crippen LogP contribution in [0.4, 0.5) is 10.1 Å². The zero-order valence-electron chi connectivity index (χ0n) is 7.83.